The molecule has 0 radical (unpaired) electrons. The molecule has 22 heavy (non-hydrogen) atoms. The van der Waals surface area contributed by atoms with E-state index in [9.17, 15) is 0 Å². The fourth-order valence-electron chi connectivity index (χ4n) is 2.02. The van der Waals surface area contributed by atoms with Gasteiger partial charge < -0.3 is 11.5 Å². The Morgan fingerprint density at radius 2 is 1.45 bits per heavy atom. The quantitative estimate of drug-likeness (QED) is 0.566. The van der Waals surface area contributed by atoms with Crippen LogP contribution in [0.2, 0.25) is 0 Å². The van der Waals surface area contributed by atoms with Crippen molar-refractivity contribution in [1.29, 1.82) is 0 Å². The summed E-state index contributed by atoms with van der Waals surface area (Å²) in [5.41, 5.74) is 15.0. The van der Waals surface area contributed by atoms with Gasteiger partial charge in [0.25, 0.3) is 0 Å². The average molecular weight is 331 g/mol. The summed E-state index contributed by atoms with van der Waals surface area (Å²) in [4.78, 5) is 8.34. The summed E-state index contributed by atoms with van der Waals surface area (Å²) in [6.07, 6.45) is 0. The van der Waals surface area contributed by atoms with E-state index in [1.54, 1.807) is 0 Å². The van der Waals surface area contributed by atoms with Crippen LogP contribution < -0.4 is 11.5 Å². The molecule has 1 heterocycles. The van der Waals surface area contributed by atoms with E-state index in [-0.39, 0.29) is 18.4 Å². The minimum absolute atomic E-state index is 0. The third kappa shape index (κ3) is 3.63. The molecular formula is C16H15ClN4S. The molecule has 0 saturated carbocycles. The zero-order valence-electron chi connectivity index (χ0n) is 11.6. The first-order valence-corrected chi connectivity index (χ1v) is 7.31. The molecule has 0 unspecified atom stereocenters. The van der Waals surface area contributed by atoms with Gasteiger partial charge in [0, 0.05) is 10.9 Å². The highest BCUT2D eigenvalue weighted by Gasteiger charge is 2.04. The molecule has 0 aliphatic carbocycles. The highest BCUT2D eigenvalue weighted by Crippen LogP contribution is 2.28. The average Bonchev–Trinajstić information content (AvgIpc) is 2.96. The second-order valence-electron chi connectivity index (χ2n) is 4.50. The summed E-state index contributed by atoms with van der Waals surface area (Å²) in [6.45, 7) is 0. The molecule has 0 saturated heterocycles. The number of thiazole rings is 1. The van der Waals surface area contributed by atoms with E-state index >= 15 is 0 Å². The van der Waals surface area contributed by atoms with Crippen LogP contribution >= 0.6 is 23.7 Å². The molecule has 3 aromatic rings. The Morgan fingerprint density at radius 3 is 2.09 bits per heavy atom. The van der Waals surface area contributed by atoms with E-state index in [1.165, 1.54) is 22.5 Å². The zero-order chi connectivity index (χ0) is 14.7. The van der Waals surface area contributed by atoms with E-state index < -0.39 is 0 Å². The predicted molar refractivity (Wildman–Crippen MR) is 95.7 cm³/mol. The zero-order valence-corrected chi connectivity index (χ0v) is 13.3. The topological polar surface area (TPSA) is 77.3 Å². The lowest BCUT2D eigenvalue weighted by molar-refractivity contribution is 1.33. The molecule has 0 fully saturated rings. The van der Waals surface area contributed by atoms with Crippen LogP contribution in [0.3, 0.4) is 0 Å². The first-order chi connectivity index (χ1) is 10.2. The summed E-state index contributed by atoms with van der Waals surface area (Å²) in [5.74, 6) is 0.0234. The van der Waals surface area contributed by atoms with Gasteiger partial charge in [-0.1, -0.05) is 54.6 Å². The first kappa shape index (κ1) is 16.0. The molecule has 112 valence electrons. The number of hydrogen-bond acceptors (Lipinski definition) is 3. The monoisotopic (exact) mass is 330 g/mol. The van der Waals surface area contributed by atoms with Crippen molar-refractivity contribution in [3.05, 3.63) is 60.0 Å². The van der Waals surface area contributed by atoms with Gasteiger partial charge in [0.05, 0.1) is 5.69 Å². The van der Waals surface area contributed by atoms with E-state index in [1.807, 2.05) is 23.6 Å². The minimum atomic E-state index is 0. The van der Waals surface area contributed by atoms with E-state index in [0.717, 1.165) is 11.3 Å². The van der Waals surface area contributed by atoms with Crippen LogP contribution in [0, 0.1) is 0 Å². The molecule has 4 nitrogen and oxygen atoms in total. The van der Waals surface area contributed by atoms with Crippen molar-refractivity contribution in [2.45, 2.75) is 0 Å². The van der Waals surface area contributed by atoms with Crippen LogP contribution in [0.15, 0.2) is 65.0 Å². The Bertz CT molecular complexity index is 762. The normalized spacial score (nSPS) is 9.82. The van der Waals surface area contributed by atoms with E-state index in [4.69, 9.17) is 11.5 Å². The fourth-order valence-corrected chi connectivity index (χ4v) is 2.74. The summed E-state index contributed by atoms with van der Waals surface area (Å²) in [5, 5.41) is 2.51. The largest absolute Gasteiger partial charge is 0.370 e. The predicted octanol–water partition coefficient (Wildman–Crippen LogP) is 3.80. The van der Waals surface area contributed by atoms with Crippen LogP contribution in [0.25, 0.3) is 22.4 Å². The van der Waals surface area contributed by atoms with Crippen molar-refractivity contribution < 1.29 is 0 Å². The molecule has 0 atom stereocenters. The van der Waals surface area contributed by atoms with Gasteiger partial charge in [-0.05, 0) is 11.1 Å². The fraction of sp³-hybridized carbons (Fsp3) is 0. The van der Waals surface area contributed by atoms with Crippen LogP contribution in [0.5, 0.6) is 0 Å². The number of benzene rings is 2. The number of rotatable bonds is 3. The second-order valence-corrected chi connectivity index (χ2v) is 5.33. The van der Waals surface area contributed by atoms with Crippen LogP contribution in [0.1, 0.15) is 0 Å². The maximum atomic E-state index is 5.35. The number of hydrogen-bond donors (Lipinski definition) is 2. The molecule has 0 spiro atoms. The third-order valence-electron chi connectivity index (χ3n) is 3.00. The number of halogens is 1. The Balaban J connectivity index is 0.00000176. The molecule has 0 aliphatic heterocycles. The van der Waals surface area contributed by atoms with Gasteiger partial charge >= 0.3 is 0 Å². The molecular weight excluding hydrogens is 316 g/mol. The molecule has 6 heteroatoms. The van der Waals surface area contributed by atoms with Crippen LogP contribution in [-0.4, -0.2) is 10.9 Å². The Morgan fingerprint density at radius 1 is 0.864 bits per heavy atom. The summed E-state index contributed by atoms with van der Waals surface area (Å²) >= 11 is 1.41. The Labute approximate surface area is 138 Å². The second kappa shape index (κ2) is 7.06. The third-order valence-corrected chi connectivity index (χ3v) is 3.74. The van der Waals surface area contributed by atoms with Crippen molar-refractivity contribution in [3.63, 3.8) is 0 Å². The van der Waals surface area contributed by atoms with Gasteiger partial charge in [0.15, 0.2) is 5.96 Å². The van der Waals surface area contributed by atoms with Crippen LogP contribution in [-0.2, 0) is 0 Å². The van der Waals surface area contributed by atoms with Crippen molar-refractivity contribution in [2.75, 3.05) is 0 Å². The van der Waals surface area contributed by atoms with Gasteiger partial charge in [0.1, 0.15) is 0 Å². The molecule has 4 N–H and O–H groups in total. The van der Waals surface area contributed by atoms with Gasteiger partial charge in [-0.3, -0.25) is 0 Å². The van der Waals surface area contributed by atoms with Gasteiger partial charge in [0.2, 0.25) is 5.13 Å². The first-order valence-electron chi connectivity index (χ1n) is 6.43. The number of guanidine groups is 1. The van der Waals surface area contributed by atoms with Crippen LogP contribution in [0.4, 0.5) is 5.13 Å². The Kier molecular flexibility index (Phi) is 5.14. The lowest BCUT2D eigenvalue weighted by Gasteiger charge is -2.02. The lowest BCUT2D eigenvalue weighted by Crippen LogP contribution is -2.21. The van der Waals surface area contributed by atoms with Gasteiger partial charge in [-0.15, -0.1) is 23.7 Å². The van der Waals surface area contributed by atoms with E-state index in [0.29, 0.717) is 5.13 Å². The molecule has 1 aromatic heterocycles. The summed E-state index contributed by atoms with van der Waals surface area (Å²) in [6, 6.07) is 18.5. The number of nitrogens with two attached hydrogens (primary N) is 2. The minimum Gasteiger partial charge on any atom is -0.370 e. The van der Waals surface area contributed by atoms with Crippen molar-refractivity contribution in [3.8, 4) is 22.4 Å². The maximum Gasteiger partial charge on any atom is 0.212 e. The highest BCUT2D eigenvalue weighted by atomic mass is 35.5. The van der Waals surface area contributed by atoms with Crippen molar-refractivity contribution in [1.82, 2.24) is 4.98 Å². The number of aromatic nitrogens is 1. The molecule has 3 rings (SSSR count). The Hall–Kier alpha value is -2.37. The maximum absolute atomic E-state index is 5.35. The molecule has 0 amide bonds. The molecule has 0 bridgehead atoms. The van der Waals surface area contributed by atoms with E-state index in [2.05, 4.69) is 46.4 Å². The summed E-state index contributed by atoms with van der Waals surface area (Å²) in [7, 11) is 0. The van der Waals surface area contributed by atoms with Crippen molar-refractivity contribution >= 4 is 34.8 Å². The number of nitrogens with zero attached hydrogens (tertiary/aromatic N) is 2. The SMILES string of the molecule is Cl.NC(N)=Nc1nc(-c2ccc(-c3ccccc3)cc2)cs1. The van der Waals surface area contributed by atoms with Gasteiger partial charge in [-0.2, -0.15) is 4.99 Å². The highest BCUT2D eigenvalue weighted by molar-refractivity contribution is 7.13. The standard InChI is InChI=1S/C16H14N4S.ClH/c17-15(18)20-16-19-14(10-21-16)13-8-6-12(7-9-13)11-4-2-1-3-5-11;/h1-10H,(H4,17,18,19,20);1H. The smallest absolute Gasteiger partial charge is 0.212 e. The number of aliphatic imine (C=N–C) groups is 1. The molecule has 0 aliphatic rings. The summed E-state index contributed by atoms with van der Waals surface area (Å²) < 4.78 is 0. The van der Waals surface area contributed by atoms with Gasteiger partial charge in [-0.25, -0.2) is 4.98 Å². The molecule has 2 aromatic carbocycles. The van der Waals surface area contributed by atoms with Crippen molar-refractivity contribution in [2.24, 2.45) is 16.5 Å². The lowest BCUT2D eigenvalue weighted by atomic mass is 10.0.